The van der Waals surface area contributed by atoms with Crippen molar-refractivity contribution in [1.82, 2.24) is 19.8 Å². The van der Waals surface area contributed by atoms with Crippen molar-refractivity contribution in [3.05, 3.63) is 58.9 Å². The molecule has 4 aromatic rings. The van der Waals surface area contributed by atoms with E-state index in [0.29, 0.717) is 17.3 Å². The van der Waals surface area contributed by atoms with Crippen LogP contribution in [0.4, 0.5) is 4.39 Å². The Morgan fingerprint density at radius 3 is 2.48 bits per heavy atom. The fourth-order valence-electron chi connectivity index (χ4n) is 2.82. The van der Waals surface area contributed by atoms with Gasteiger partial charge < -0.3 is 9.47 Å². The van der Waals surface area contributed by atoms with Crippen LogP contribution in [0.2, 0.25) is 0 Å². The Balaban J connectivity index is 1.54. The van der Waals surface area contributed by atoms with Crippen LogP contribution in [0.5, 0.6) is 11.5 Å². The van der Waals surface area contributed by atoms with Crippen LogP contribution in [-0.4, -0.2) is 34.0 Å². The number of aryl methyl sites for hydroxylation is 2. The minimum absolute atomic E-state index is 0.284. The fraction of sp³-hybridized carbons (Fsp3) is 0.211. The van der Waals surface area contributed by atoms with Gasteiger partial charge in [0, 0.05) is 12.0 Å². The zero-order chi connectivity index (χ0) is 18.8. The molecule has 27 heavy (non-hydrogen) atoms. The molecule has 0 saturated heterocycles. The maximum atomic E-state index is 13.1. The van der Waals surface area contributed by atoms with Gasteiger partial charge in [0.05, 0.1) is 14.2 Å². The van der Waals surface area contributed by atoms with E-state index in [2.05, 4.69) is 15.3 Å². The lowest BCUT2D eigenvalue weighted by Gasteiger charge is -2.09. The molecule has 0 aliphatic rings. The zero-order valence-electron chi connectivity index (χ0n) is 14.8. The fourth-order valence-corrected chi connectivity index (χ4v) is 3.66. The van der Waals surface area contributed by atoms with Gasteiger partial charge in [0.25, 0.3) is 0 Å². The number of halogens is 1. The number of ether oxygens (including phenoxy) is 2. The smallest absolute Gasteiger partial charge is 0.234 e. The highest BCUT2D eigenvalue weighted by Crippen LogP contribution is 2.28. The van der Waals surface area contributed by atoms with Gasteiger partial charge in [-0.2, -0.15) is 9.61 Å². The molecular formula is C19H17FN4O2S. The topological polar surface area (TPSA) is 61.5 Å². The van der Waals surface area contributed by atoms with Gasteiger partial charge in [-0.15, -0.1) is 10.2 Å². The molecule has 0 bridgehead atoms. The number of methoxy groups -OCH3 is 2. The van der Waals surface area contributed by atoms with Crippen molar-refractivity contribution in [3.8, 4) is 22.9 Å². The first-order chi connectivity index (χ1) is 13.2. The predicted octanol–water partition coefficient (Wildman–Crippen LogP) is 3.79. The molecular weight excluding hydrogens is 367 g/mol. The second-order valence-corrected chi connectivity index (χ2v) is 6.95. The molecule has 2 aromatic heterocycles. The van der Waals surface area contributed by atoms with Crippen LogP contribution in [0.1, 0.15) is 10.6 Å². The minimum Gasteiger partial charge on any atom is -0.493 e. The van der Waals surface area contributed by atoms with E-state index in [1.54, 1.807) is 30.9 Å². The number of fused-ring (bicyclic) bond motifs is 1. The molecule has 0 spiro atoms. The Kier molecular flexibility index (Phi) is 4.72. The number of hydrogen-bond acceptors (Lipinski definition) is 6. The van der Waals surface area contributed by atoms with E-state index in [4.69, 9.17) is 9.47 Å². The van der Waals surface area contributed by atoms with Gasteiger partial charge in [0.1, 0.15) is 10.8 Å². The van der Waals surface area contributed by atoms with Crippen molar-refractivity contribution in [2.45, 2.75) is 12.8 Å². The lowest BCUT2D eigenvalue weighted by molar-refractivity contribution is 0.354. The van der Waals surface area contributed by atoms with E-state index in [1.165, 1.54) is 23.5 Å². The van der Waals surface area contributed by atoms with Gasteiger partial charge in [-0.3, -0.25) is 0 Å². The predicted molar refractivity (Wildman–Crippen MR) is 101 cm³/mol. The first-order valence-corrected chi connectivity index (χ1v) is 9.17. The summed E-state index contributed by atoms with van der Waals surface area (Å²) in [6.45, 7) is 0. The Labute approximate surface area is 159 Å². The lowest BCUT2D eigenvalue weighted by Crippen LogP contribution is -1.96. The molecule has 2 aromatic carbocycles. The minimum atomic E-state index is -0.284. The third-order valence-corrected chi connectivity index (χ3v) is 5.17. The molecule has 0 aliphatic carbocycles. The third-order valence-electron chi connectivity index (χ3n) is 4.21. The van der Waals surface area contributed by atoms with E-state index >= 15 is 0 Å². The van der Waals surface area contributed by atoms with Gasteiger partial charge in [0.15, 0.2) is 17.3 Å². The summed E-state index contributed by atoms with van der Waals surface area (Å²) in [4.78, 5) is 0.719. The normalized spacial score (nSPS) is 11.1. The number of hydrogen-bond donors (Lipinski definition) is 0. The van der Waals surface area contributed by atoms with Crippen molar-refractivity contribution < 1.29 is 13.9 Å². The molecule has 0 saturated carbocycles. The van der Waals surface area contributed by atoms with Crippen molar-refractivity contribution in [1.29, 1.82) is 0 Å². The largest absolute Gasteiger partial charge is 0.493 e. The van der Waals surface area contributed by atoms with Crippen LogP contribution < -0.4 is 9.47 Å². The van der Waals surface area contributed by atoms with Gasteiger partial charge in [-0.1, -0.05) is 17.4 Å². The highest BCUT2D eigenvalue weighted by molar-refractivity contribution is 7.16. The SMILES string of the molecule is COc1ccc(CCc2nn3c(-c4ccc(F)cc4)nnc3s2)cc1OC. The van der Waals surface area contributed by atoms with Crippen LogP contribution in [-0.2, 0) is 12.8 Å². The summed E-state index contributed by atoms with van der Waals surface area (Å²) < 4.78 is 25.5. The van der Waals surface area contributed by atoms with E-state index in [0.717, 1.165) is 33.9 Å². The van der Waals surface area contributed by atoms with E-state index in [-0.39, 0.29) is 5.82 Å². The van der Waals surface area contributed by atoms with Crippen LogP contribution in [0.25, 0.3) is 16.3 Å². The molecule has 138 valence electrons. The highest BCUT2D eigenvalue weighted by Gasteiger charge is 2.14. The molecule has 2 heterocycles. The quantitative estimate of drug-likeness (QED) is 0.506. The molecule has 0 amide bonds. The van der Waals surface area contributed by atoms with Crippen LogP contribution in [0.3, 0.4) is 0 Å². The van der Waals surface area contributed by atoms with Gasteiger partial charge in [0.2, 0.25) is 4.96 Å². The second kappa shape index (κ2) is 7.32. The lowest BCUT2D eigenvalue weighted by atomic mass is 10.1. The molecule has 8 heteroatoms. The summed E-state index contributed by atoms with van der Waals surface area (Å²) in [6.07, 6.45) is 1.59. The van der Waals surface area contributed by atoms with Gasteiger partial charge >= 0.3 is 0 Å². The summed E-state index contributed by atoms with van der Waals surface area (Å²) in [5.74, 6) is 1.75. The molecule has 4 rings (SSSR count). The zero-order valence-corrected chi connectivity index (χ0v) is 15.7. The number of benzene rings is 2. The average Bonchev–Trinajstić information content (AvgIpc) is 3.27. The van der Waals surface area contributed by atoms with Crippen molar-refractivity contribution in [2.75, 3.05) is 14.2 Å². The molecule has 0 atom stereocenters. The number of aromatic nitrogens is 4. The Hall–Kier alpha value is -3.00. The third kappa shape index (κ3) is 3.48. The second-order valence-electron chi connectivity index (χ2n) is 5.91. The highest BCUT2D eigenvalue weighted by atomic mass is 32.1. The summed E-state index contributed by atoms with van der Waals surface area (Å²) in [5.41, 5.74) is 1.91. The summed E-state index contributed by atoms with van der Waals surface area (Å²) in [7, 11) is 3.25. The van der Waals surface area contributed by atoms with E-state index in [1.807, 2.05) is 18.2 Å². The maximum absolute atomic E-state index is 13.1. The molecule has 0 unspecified atom stereocenters. The molecule has 0 aliphatic heterocycles. The molecule has 6 nitrogen and oxygen atoms in total. The van der Waals surface area contributed by atoms with Crippen LogP contribution >= 0.6 is 11.3 Å². The average molecular weight is 384 g/mol. The molecule has 0 fully saturated rings. The van der Waals surface area contributed by atoms with Crippen molar-refractivity contribution in [3.63, 3.8) is 0 Å². The van der Waals surface area contributed by atoms with Crippen molar-refractivity contribution in [2.24, 2.45) is 0 Å². The Bertz CT molecular complexity index is 1080. The first-order valence-electron chi connectivity index (χ1n) is 8.36. The molecule has 0 radical (unpaired) electrons. The van der Waals surface area contributed by atoms with Crippen molar-refractivity contribution >= 4 is 16.3 Å². The summed E-state index contributed by atoms with van der Waals surface area (Å²) in [5, 5.41) is 13.9. The number of rotatable bonds is 6. The first kappa shape index (κ1) is 17.4. The van der Waals surface area contributed by atoms with E-state index < -0.39 is 0 Å². The maximum Gasteiger partial charge on any atom is 0.234 e. The Morgan fingerprint density at radius 2 is 1.74 bits per heavy atom. The standard InChI is InChI=1S/C19H17FN4O2S/c1-25-15-9-3-12(11-16(15)26-2)4-10-17-23-24-18(21-22-19(24)27-17)13-5-7-14(20)8-6-13/h3,5-9,11H,4,10H2,1-2H3. The van der Waals surface area contributed by atoms with Gasteiger partial charge in [-0.05, 0) is 48.4 Å². The number of nitrogens with zero attached hydrogens (tertiary/aromatic N) is 4. The van der Waals surface area contributed by atoms with Gasteiger partial charge in [-0.25, -0.2) is 4.39 Å². The van der Waals surface area contributed by atoms with Crippen LogP contribution in [0.15, 0.2) is 42.5 Å². The summed E-state index contributed by atoms with van der Waals surface area (Å²) in [6, 6.07) is 12.1. The molecule has 0 N–H and O–H groups in total. The Morgan fingerprint density at radius 1 is 0.963 bits per heavy atom. The monoisotopic (exact) mass is 384 g/mol. The summed E-state index contributed by atoms with van der Waals surface area (Å²) >= 11 is 1.50. The van der Waals surface area contributed by atoms with E-state index in [9.17, 15) is 4.39 Å². The van der Waals surface area contributed by atoms with Crippen LogP contribution in [0, 0.1) is 5.82 Å².